The van der Waals surface area contributed by atoms with Crippen LogP contribution in [0.2, 0.25) is 0 Å². The zero-order valence-electron chi connectivity index (χ0n) is 9.87. The summed E-state index contributed by atoms with van der Waals surface area (Å²) in [5.41, 5.74) is 12.2. The molecular weight excluding hydrogens is 220 g/mol. The number of ether oxygens (including phenoxy) is 1. The molecule has 0 spiro atoms. The van der Waals surface area contributed by atoms with E-state index in [0.29, 0.717) is 17.1 Å². The van der Waals surface area contributed by atoms with Gasteiger partial charge in [0.15, 0.2) is 6.61 Å². The molecule has 0 radical (unpaired) electrons. The minimum atomic E-state index is -0.198. The highest BCUT2D eigenvalue weighted by atomic mass is 16.5. The predicted octanol–water partition coefficient (Wildman–Crippen LogP) is 2.88. The quantitative estimate of drug-likeness (QED) is 0.458. The average Bonchev–Trinajstić information content (AvgIpc) is 2.32. The molecule has 6 heteroatoms. The summed E-state index contributed by atoms with van der Waals surface area (Å²) in [7, 11) is 0. The summed E-state index contributed by atoms with van der Waals surface area (Å²) < 4.78 is 5.41. The van der Waals surface area contributed by atoms with Crippen LogP contribution in [0.15, 0.2) is 5.11 Å². The Bertz CT molecular complexity index is 559. The summed E-state index contributed by atoms with van der Waals surface area (Å²) >= 11 is 0. The Hall–Kier alpha value is -2.20. The van der Waals surface area contributed by atoms with Crippen molar-refractivity contribution in [3.05, 3.63) is 27.1 Å². The Balaban J connectivity index is 2.75. The zero-order valence-corrected chi connectivity index (χ0v) is 9.87. The van der Waals surface area contributed by atoms with E-state index < -0.39 is 0 Å². The van der Waals surface area contributed by atoms with E-state index in [9.17, 15) is 4.79 Å². The van der Waals surface area contributed by atoms with Crippen molar-refractivity contribution in [2.24, 2.45) is 5.11 Å². The molecule has 2 rings (SSSR count). The van der Waals surface area contributed by atoms with Gasteiger partial charge in [0.05, 0.1) is 5.69 Å². The van der Waals surface area contributed by atoms with Crippen LogP contribution < -0.4 is 10.1 Å². The van der Waals surface area contributed by atoms with E-state index in [1.807, 2.05) is 13.8 Å². The number of amides is 1. The number of benzene rings is 1. The second-order valence-corrected chi connectivity index (χ2v) is 3.95. The van der Waals surface area contributed by atoms with Crippen LogP contribution in [0.25, 0.3) is 10.4 Å². The lowest BCUT2D eigenvalue weighted by Crippen LogP contribution is -2.26. The first kappa shape index (κ1) is 11.3. The van der Waals surface area contributed by atoms with Crippen molar-refractivity contribution >= 4 is 17.3 Å². The SMILES string of the molecule is Cc1c(C)c2c(c(C)c1N=[N+]=[N-])NC(=O)CO2. The van der Waals surface area contributed by atoms with Crippen LogP contribution in [-0.2, 0) is 4.79 Å². The van der Waals surface area contributed by atoms with Gasteiger partial charge in [0, 0.05) is 10.6 Å². The largest absolute Gasteiger partial charge is 0.481 e. The zero-order chi connectivity index (χ0) is 12.6. The third-order valence-corrected chi connectivity index (χ3v) is 2.97. The van der Waals surface area contributed by atoms with Gasteiger partial charge in [0.2, 0.25) is 0 Å². The van der Waals surface area contributed by atoms with Crippen LogP contribution in [0.1, 0.15) is 16.7 Å². The molecule has 0 fully saturated rings. The lowest BCUT2D eigenvalue weighted by atomic mass is 9.99. The Labute approximate surface area is 98.2 Å². The van der Waals surface area contributed by atoms with Crippen molar-refractivity contribution in [2.75, 3.05) is 11.9 Å². The molecule has 0 bridgehead atoms. The van der Waals surface area contributed by atoms with Crippen molar-refractivity contribution in [1.82, 2.24) is 0 Å². The number of azide groups is 1. The molecule has 1 aromatic rings. The Morgan fingerprint density at radius 2 is 2.00 bits per heavy atom. The highest BCUT2D eigenvalue weighted by Crippen LogP contribution is 2.42. The van der Waals surface area contributed by atoms with Gasteiger partial charge < -0.3 is 10.1 Å². The lowest BCUT2D eigenvalue weighted by Gasteiger charge is -2.24. The standard InChI is InChI=1S/C11H12N4O2/c1-5-6(2)11-10(13-8(16)4-17-11)7(3)9(5)14-15-12/h4H2,1-3H3,(H,13,16). The van der Waals surface area contributed by atoms with Crippen LogP contribution in [0.4, 0.5) is 11.4 Å². The van der Waals surface area contributed by atoms with Gasteiger partial charge in [-0.2, -0.15) is 0 Å². The molecule has 0 unspecified atom stereocenters. The number of hydrogen-bond acceptors (Lipinski definition) is 3. The van der Waals surface area contributed by atoms with E-state index in [2.05, 4.69) is 15.3 Å². The molecule has 1 N–H and O–H groups in total. The summed E-state index contributed by atoms with van der Waals surface area (Å²) in [4.78, 5) is 14.1. The third-order valence-electron chi connectivity index (χ3n) is 2.97. The highest BCUT2D eigenvalue weighted by Gasteiger charge is 2.23. The molecule has 1 heterocycles. The summed E-state index contributed by atoms with van der Waals surface area (Å²) in [6, 6.07) is 0. The first-order chi connectivity index (χ1) is 8.06. The van der Waals surface area contributed by atoms with Gasteiger partial charge in [-0.15, -0.1) is 0 Å². The molecule has 88 valence electrons. The van der Waals surface area contributed by atoms with Gasteiger partial charge in [-0.05, 0) is 43.0 Å². The average molecular weight is 232 g/mol. The molecule has 1 aliphatic heterocycles. The molecule has 0 atom stereocenters. The fourth-order valence-corrected chi connectivity index (χ4v) is 1.94. The van der Waals surface area contributed by atoms with Gasteiger partial charge in [-0.3, -0.25) is 4.79 Å². The molecule has 0 aliphatic carbocycles. The van der Waals surface area contributed by atoms with Crippen molar-refractivity contribution in [2.45, 2.75) is 20.8 Å². The topological polar surface area (TPSA) is 87.1 Å². The number of carbonyl (C=O) groups excluding carboxylic acids is 1. The van der Waals surface area contributed by atoms with E-state index in [4.69, 9.17) is 10.3 Å². The van der Waals surface area contributed by atoms with Gasteiger partial charge in [0.1, 0.15) is 5.75 Å². The smallest absolute Gasteiger partial charge is 0.262 e. The second-order valence-electron chi connectivity index (χ2n) is 3.95. The number of anilines is 1. The first-order valence-electron chi connectivity index (χ1n) is 5.17. The summed E-state index contributed by atoms with van der Waals surface area (Å²) in [5, 5.41) is 6.42. The Kier molecular flexibility index (Phi) is 2.65. The fraction of sp³-hybridized carbons (Fsp3) is 0.364. The van der Waals surface area contributed by atoms with Crippen LogP contribution in [0.5, 0.6) is 5.75 Å². The van der Waals surface area contributed by atoms with Crippen molar-refractivity contribution in [3.63, 3.8) is 0 Å². The number of rotatable bonds is 1. The monoisotopic (exact) mass is 232 g/mol. The maximum Gasteiger partial charge on any atom is 0.262 e. The van der Waals surface area contributed by atoms with E-state index in [1.165, 1.54) is 0 Å². The van der Waals surface area contributed by atoms with Crippen LogP contribution in [0, 0.1) is 20.8 Å². The van der Waals surface area contributed by atoms with Crippen molar-refractivity contribution < 1.29 is 9.53 Å². The maximum absolute atomic E-state index is 11.3. The van der Waals surface area contributed by atoms with Gasteiger partial charge in [-0.1, -0.05) is 5.11 Å². The molecule has 17 heavy (non-hydrogen) atoms. The minimum absolute atomic E-state index is 0.0214. The van der Waals surface area contributed by atoms with Gasteiger partial charge in [-0.25, -0.2) is 0 Å². The number of nitrogens with zero attached hydrogens (tertiary/aromatic N) is 3. The third kappa shape index (κ3) is 1.68. The number of hydrogen-bond donors (Lipinski definition) is 1. The summed E-state index contributed by atoms with van der Waals surface area (Å²) in [6.07, 6.45) is 0. The lowest BCUT2D eigenvalue weighted by molar-refractivity contribution is -0.118. The summed E-state index contributed by atoms with van der Waals surface area (Å²) in [5.74, 6) is 0.465. The molecule has 1 aliphatic rings. The fourth-order valence-electron chi connectivity index (χ4n) is 1.94. The van der Waals surface area contributed by atoms with E-state index in [0.717, 1.165) is 16.7 Å². The van der Waals surface area contributed by atoms with E-state index in [-0.39, 0.29) is 12.5 Å². The molecule has 1 aromatic carbocycles. The molecule has 0 aromatic heterocycles. The van der Waals surface area contributed by atoms with Gasteiger partial charge in [0.25, 0.3) is 5.91 Å². The molecular formula is C11H12N4O2. The molecule has 1 amide bonds. The van der Waals surface area contributed by atoms with E-state index >= 15 is 0 Å². The normalized spacial score (nSPS) is 13.2. The Morgan fingerprint density at radius 1 is 1.29 bits per heavy atom. The van der Waals surface area contributed by atoms with Crippen LogP contribution >= 0.6 is 0 Å². The minimum Gasteiger partial charge on any atom is -0.481 e. The van der Waals surface area contributed by atoms with E-state index in [1.54, 1.807) is 6.92 Å². The van der Waals surface area contributed by atoms with Gasteiger partial charge >= 0.3 is 0 Å². The number of fused-ring (bicyclic) bond motifs is 1. The van der Waals surface area contributed by atoms with Crippen LogP contribution in [0.3, 0.4) is 0 Å². The number of nitrogens with one attached hydrogen (secondary N) is 1. The Morgan fingerprint density at radius 3 is 2.65 bits per heavy atom. The second kappa shape index (κ2) is 3.99. The maximum atomic E-state index is 11.3. The first-order valence-corrected chi connectivity index (χ1v) is 5.17. The van der Waals surface area contributed by atoms with Crippen molar-refractivity contribution in [1.29, 1.82) is 0 Å². The van der Waals surface area contributed by atoms with Crippen molar-refractivity contribution in [3.8, 4) is 5.75 Å². The highest BCUT2D eigenvalue weighted by molar-refractivity contribution is 5.98. The predicted molar refractivity (Wildman–Crippen MR) is 63.6 cm³/mol. The number of carbonyl (C=O) groups is 1. The molecule has 0 saturated heterocycles. The van der Waals surface area contributed by atoms with Crippen LogP contribution in [-0.4, -0.2) is 12.5 Å². The molecule has 0 saturated carbocycles. The summed E-state index contributed by atoms with van der Waals surface area (Å²) in [6.45, 7) is 5.56. The molecule has 6 nitrogen and oxygen atoms in total.